The molecule has 0 aromatic carbocycles. The van der Waals surface area contributed by atoms with Crippen LogP contribution in [0.5, 0.6) is 0 Å². The highest BCUT2D eigenvalue weighted by Gasteiger charge is 2.27. The summed E-state index contributed by atoms with van der Waals surface area (Å²) in [5.41, 5.74) is 0. The molecule has 2 N–H and O–H groups in total. The van der Waals surface area contributed by atoms with E-state index in [4.69, 9.17) is 0 Å². The Labute approximate surface area is 116 Å². The molecule has 0 aromatic heterocycles. The Morgan fingerprint density at radius 3 is 2.63 bits per heavy atom. The van der Waals surface area contributed by atoms with Gasteiger partial charge in [0.15, 0.2) is 0 Å². The molecule has 5 heteroatoms. The molecule has 2 aliphatic heterocycles. The molecule has 2 saturated heterocycles. The first-order valence-corrected chi connectivity index (χ1v) is 7.53. The van der Waals surface area contributed by atoms with E-state index >= 15 is 0 Å². The van der Waals surface area contributed by atoms with E-state index in [1.165, 1.54) is 0 Å². The minimum atomic E-state index is -0.00272. The van der Waals surface area contributed by atoms with E-state index < -0.39 is 0 Å². The molecule has 110 valence electrons. The Bertz CT molecular complexity index is 304. The third kappa shape index (κ3) is 3.91. The molecule has 1 amide bonds. The number of piperazine rings is 1. The summed E-state index contributed by atoms with van der Waals surface area (Å²) in [6.07, 6.45) is 2.14. The average Bonchev–Trinajstić information content (AvgIpc) is 2.43. The second kappa shape index (κ2) is 6.68. The van der Waals surface area contributed by atoms with Gasteiger partial charge in [0.2, 0.25) is 5.91 Å². The van der Waals surface area contributed by atoms with Crippen molar-refractivity contribution in [2.75, 3.05) is 39.8 Å². The second-order valence-electron chi connectivity index (χ2n) is 6.02. The first-order valence-electron chi connectivity index (χ1n) is 7.53. The molecule has 3 atom stereocenters. The van der Waals surface area contributed by atoms with Crippen molar-refractivity contribution in [2.24, 2.45) is 0 Å². The smallest absolute Gasteiger partial charge is 0.237 e. The fourth-order valence-electron chi connectivity index (χ4n) is 2.98. The van der Waals surface area contributed by atoms with Gasteiger partial charge in [-0.2, -0.15) is 0 Å². The standard InChI is InChI=1S/C14H28N4O/c1-11-10-13(4-7-17(11)3)16-14(19)12(2)18-8-5-15-6-9-18/h11-13,15H,4-10H2,1-3H3,(H,16,19). The van der Waals surface area contributed by atoms with E-state index in [0.717, 1.165) is 45.6 Å². The van der Waals surface area contributed by atoms with Crippen LogP contribution >= 0.6 is 0 Å². The number of amides is 1. The number of hydrogen-bond acceptors (Lipinski definition) is 4. The summed E-state index contributed by atoms with van der Waals surface area (Å²) < 4.78 is 0. The Balaban J connectivity index is 1.79. The summed E-state index contributed by atoms with van der Waals surface area (Å²) in [5, 5.41) is 6.56. The van der Waals surface area contributed by atoms with Crippen LogP contribution < -0.4 is 10.6 Å². The lowest BCUT2D eigenvalue weighted by atomic mass is 9.98. The number of hydrogen-bond donors (Lipinski definition) is 2. The maximum absolute atomic E-state index is 12.3. The van der Waals surface area contributed by atoms with E-state index in [9.17, 15) is 4.79 Å². The van der Waals surface area contributed by atoms with E-state index in [0.29, 0.717) is 12.1 Å². The summed E-state index contributed by atoms with van der Waals surface area (Å²) in [6, 6.07) is 0.912. The number of carbonyl (C=O) groups excluding carboxylic acids is 1. The highest BCUT2D eigenvalue weighted by molar-refractivity contribution is 5.81. The molecular formula is C14H28N4O. The van der Waals surface area contributed by atoms with Gasteiger partial charge in [-0.1, -0.05) is 0 Å². The van der Waals surface area contributed by atoms with Gasteiger partial charge >= 0.3 is 0 Å². The number of nitrogens with one attached hydrogen (secondary N) is 2. The zero-order valence-electron chi connectivity index (χ0n) is 12.5. The van der Waals surface area contributed by atoms with Crippen LogP contribution in [0.4, 0.5) is 0 Å². The van der Waals surface area contributed by atoms with Crippen molar-refractivity contribution in [3.05, 3.63) is 0 Å². The van der Waals surface area contributed by atoms with Crippen LogP contribution in [-0.4, -0.2) is 73.6 Å². The fraction of sp³-hybridized carbons (Fsp3) is 0.929. The van der Waals surface area contributed by atoms with Crippen molar-refractivity contribution >= 4 is 5.91 Å². The summed E-state index contributed by atoms with van der Waals surface area (Å²) in [6.45, 7) is 9.26. The molecule has 2 fully saturated rings. The summed E-state index contributed by atoms with van der Waals surface area (Å²) in [4.78, 5) is 16.9. The van der Waals surface area contributed by atoms with Gasteiger partial charge in [-0.15, -0.1) is 0 Å². The fourth-order valence-corrected chi connectivity index (χ4v) is 2.98. The maximum atomic E-state index is 12.3. The third-order valence-corrected chi connectivity index (χ3v) is 4.63. The molecule has 2 rings (SSSR count). The van der Waals surface area contributed by atoms with Crippen LogP contribution in [0.1, 0.15) is 26.7 Å². The van der Waals surface area contributed by atoms with Crippen LogP contribution in [0.25, 0.3) is 0 Å². The van der Waals surface area contributed by atoms with E-state index in [-0.39, 0.29) is 11.9 Å². The van der Waals surface area contributed by atoms with E-state index in [1.54, 1.807) is 0 Å². The van der Waals surface area contributed by atoms with Crippen LogP contribution in [0, 0.1) is 0 Å². The number of carbonyl (C=O) groups is 1. The third-order valence-electron chi connectivity index (χ3n) is 4.63. The molecule has 3 unspecified atom stereocenters. The lowest BCUT2D eigenvalue weighted by Crippen LogP contribution is -2.55. The predicted molar refractivity (Wildman–Crippen MR) is 77.2 cm³/mol. The van der Waals surface area contributed by atoms with Gasteiger partial charge in [-0.25, -0.2) is 0 Å². The Morgan fingerprint density at radius 2 is 2.00 bits per heavy atom. The summed E-state index contributed by atoms with van der Waals surface area (Å²) in [5.74, 6) is 0.198. The first kappa shape index (κ1) is 14.8. The largest absolute Gasteiger partial charge is 0.352 e. The second-order valence-corrected chi connectivity index (χ2v) is 6.02. The number of rotatable bonds is 3. The van der Waals surface area contributed by atoms with Gasteiger partial charge in [-0.05, 0) is 33.7 Å². The van der Waals surface area contributed by atoms with E-state index in [1.807, 2.05) is 6.92 Å². The zero-order chi connectivity index (χ0) is 13.8. The van der Waals surface area contributed by atoms with Crippen molar-refractivity contribution in [3.8, 4) is 0 Å². The molecular weight excluding hydrogens is 240 g/mol. The Hall–Kier alpha value is -0.650. The highest BCUT2D eigenvalue weighted by atomic mass is 16.2. The zero-order valence-corrected chi connectivity index (χ0v) is 12.5. The van der Waals surface area contributed by atoms with Crippen molar-refractivity contribution in [1.29, 1.82) is 0 Å². The minimum Gasteiger partial charge on any atom is -0.352 e. The monoisotopic (exact) mass is 268 g/mol. The van der Waals surface area contributed by atoms with Gasteiger partial charge < -0.3 is 15.5 Å². The Morgan fingerprint density at radius 1 is 1.32 bits per heavy atom. The molecule has 0 bridgehead atoms. The normalized spacial score (nSPS) is 31.9. The van der Waals surface area contributed by atoms with Gasteiger partial charge in [0.1, 0.15) is 0 Å². The molecule has 0 aromatic rings. The molecule has 0 radical (unpaired) electrons. The summed E-state index contributed by atoms with van der Waals surface area (Å²) in [7, 11) is 2.16. The SMILES string of the molecule is CC1CC(NC(=O)C(C)N2CCNCC2)CCN1C. The van der Waals surface area contributed by atoms with Crippen molar-refractivity contribution < 1.29 is 4.79 Å². The minimum absolute atomic E-state index is 0.00272. The molecule has 0 aliphatic carbocycles. The summed E-state index contributed by atoms with van der Waals surface area (Å²) >= 11 is 0. The number of nitrogens with zero attached hydrogens (tertiary/aromatic N) is 2. The molecule has 19 heavy (non-hydrogen) atoms. The van der Waals surface area contributed by atoms with Crippen LogP contribution in [-0.2, 0) is 4.79 Å². The number of likely N-dealkylation sites (tertiary alicyclic amines) is 1. The quantitative estimate of drug-likeness (QED) is 0.749. The van der Waals surface area contributed by atoms with Gasteiger partial charge in [0.25, 0.3) is 0 Å². The van der Waals surface area contributed by atoms with Crippen molar-refractivity contribution in [2.45, 2.75) is 44.8 Å². The molecule has 2 heterocycles. The van der Waals surface area contributed by atoms with Gasteiger partial charge in [-0.3, -0.25) is 9.69 Å². The first-order chi connectivity index (χ1) is 9.08. The molecule has 5 nitrogen and oxygen atoms in total. The van der Waals surface area contributed by atoms with E-state index in [2.05, 4.69) is 34.4 Å². The Kier molecular flexibility index (Phi) is 5.19. The highest BCUT2D eigenvalue weighted by Crippen LogP contribution is 2.15. The lowest BCUT2D eigenvalue weighted by molar-refractivity contribution is -0.127. The lowest BCUT2D eigenvalue weighted by Gasteiger charge is -2.37. The van der Waals surface area contributed by atoms with Gasteiger partial charge in [0.05, 0.1) is 6.04 Å². The van der Waals surface area contributed by atoms with Gasteiger partial charge in [0, 0.05) is 44.8 Å². The number of piperidine rings is 1. The van der Waals surface area contributed by atoms with Crippen LogP contribution in [0.3, 0.4) is 0 Å². The maximum Gasteiger partial charge on any atom is 0.237 e. The van der Waals surface area contributed by atoms with Crippen molar-refractivity contribution in [3.63, 3.8) is 0 Å². The molecule has 0 spiro atoms. The predicted octanol–water partition coefficient (Wildman–Crippen LogP) is -0.121. The average molecular weight is 268 g/mol. The van der Waals surface area contributed by atoms with Crippen LogP contribution in [0.15, 0.2) is 0 Å². The molecule has 0 saturated carbocycles. The topological polar surface area (TPSA) is 47.6 Å². The molecule has 2 aliphatic rings. The van der Waals surface area contributed by atoms with Crippen molar-refractivity contribution in [1.82, 2.24) is 20.4 Å². The van der Waals surface area contributed by atoms with Crippen LogP contribution in [0.2, 0.25) is 0 Å².